The third-order valence-electron chi connectivity index (χ3n) is 10.5. The Hall–Kier alpha value is -3.36. The molecule has 5 amide bonds. The molecule has 3 fully saturated rings. The van der Waals surface area contributed by atoms with Crippen molar-refractivity contribution in [3.8, 4) is 0 Å². The Morgan fingerprint density at radius 1 is 0.788 bits per heavy atom. The second kappa shape index (κ2) is 16.8. The molecule has 1 atom stereocenters. The van der Waals surface area contributed by atoms with Gasteiger partial charge in [0.25, 0.3) is 5.91 Å². The van der Waals surface area contributed by atoms with Crippen LogP contribution in [0.4, 0.5) is 20.1 Å². The van der Waals surface area contributed by atoms with Crippen molar-refractivity contribution in [3.05, 3.63) is 62.5 Å². The van der Waals surface area contributed by atoms with Gasteiger partial charge in [-0.3, -0.25) is 9.69 Å². The summed E-state index contributed by atoms with van der Waals surface area (Å²) in [5.41, 5.74) is 2.33. The summed E-state index contributed by atoms with van der Waals surface area (Å²) >= 11 is 7.08. The second-order valence-electron chi connectivity index (χ2n) is 15.1. The molecular formula is C38H50Br2N6O6. The van der Waals surface area contributed by atoms with Crippen LogP contribution in [0, 0.1) is 0 Å². The van der Waals surface area contributed by atoms with Crippen LogP contribution in [0.3, 0.4) is 0 Å². The van der Waals surface area contributed by atoms with E-state index >= 15 is 0 Å². The third kappa shape index (κ3) is 9.59. The van der Waals surface area contributed by atoms with Crippen molar-refractivity contribution < 1.29 is 28.7 Å². The summed E-state index contributed by atoms with van der Waals surface area (Å²) in [6, 6.07) is 13.9. The number of para-hydroxylation sites is 1. The minimum Gasteiger partial charge on any atom is -0.444 e. The van der Waals surface area contributed by atoms with Crippen molar-refractivity contribution in [2.45, 2.75) is 83.1 Å². The predicted molar refractivity (Wildman–Crippen MR) is 205 cm³/mol. The monoisotopic (exact) mass is 844 g/mol. The Morgan fingerprint density at radius 3 is 2.10 bits per heavy atom. The molecule has 1 N–H and O–H groups in total. The fourth-order valence-electron chi connectivity index (χ4n) is 7.61. The van der Waals surface area contributed by atoms with Gasteiger partial charge >= 0.3 is 18.2 Å². The molecule has 1 unspecified atom stereocenters. The van der Waals surface area contributed by atoms with Crippen LogP contribution in [0.1, 0.15) is 57.6 Å². The summed E-state index contributed by atoms with van der Waals surface area (Å²) in [5, 5.41) is 3.05. The highest BCUT2D eigenvalue weighted by Crippen LogP contribution is 2.28. The number of hydrogen-bond acceptors (Lipinski definition) is 7. The van der Waals surface area contributed by atoms with Gasteiger partial charge in [-0.15, -0.1) is 0 Å². The van der Waals surface area contributed by atoms with Gasteiger partial charge in [0, 0.05) is 92.0 Å². The maximum Gasteiger partial charge on any atom is 0.410 e. The number of piperazine rings is 1. The van der Waals surface area contributed by atoms with Gasteiger partial charge in [0.1, 0.15) is 5.60 Å². The van der Waals surface area contributed by atoms with Crippen molar-refractivity contribution in [2.24, 2.45) is 0 Å². The van der Waals surface area contributed by atoms with E-state index in [0.717, 1.165) is 58.1 Å². The van der Waals surface area contributed by atoms with Gasteiger partial charge in [-0.2, -0.15) is 0 Å². The minimum absolute atomic E-state index is 0.0116. The molecule has 4 aliphatic rings. The number of likely N-dealkylation sites (tertiary alicyclic amines) is 2. The fraction of sp³-hybridized carbons (Fsp3) is 0.579. The SMILES string of the molecule is CC(C)(C)OC(=O)N1CCN(C2CCN(C(=O)C(Cc3ccc(Br)c(Br)c3)OC(=O)N3CCC(N4CCc5ccccc5NC4=O)CC3)CC2)CC1. The molecule has 0 aliphatic carbocycles. The number of hydrogen-bond donors (Lipinski definition) is 1. The molecular weight excluding hydrogens is 796 g/mol. The van der Waals surface area contributed by atoms with E-state index in [1.54, 1.807) is 9.80 Å². The number of benzene rings is 2. The minimum atomic E-state index is -0.970. The second-order valence-corrected chi connectivity index (χ2v) is 16.8. The van der Waals surface area contributed by atoms with Crippen LogP contribution < -0.4 is 5.32 Å². The Balaban J connectivity index is 1.03. The smallest absolute Gasteiger partial charge is 0.410 e. The van der Waals surface area contributed by atoms with Crippen LogP contribution in [0.5, 0.6) is 0 Å². The summed E-state index contributed by atoms with van der Waals surface area (Å²) in [5.74, 6) is -0.184. The van der Waals surface area contributed by atoms with E-state index in [9.17, 15) is 19.2 Å². The molecule has 4 aliphatic heterocycles. The number of amides is 5. The molecule has 0 saturated carbocycles. The maximum atomic E-state index is 14.1. The molecule has 2 aromatic carbocycles. The highest BCUT2D eigenvalue weighted by molar-refractivity contribution is 9.13. The Labute approximate surface area is 323 Å². The number of halogens is 2. The topological polar surface area (TPSA) is 115 Å². The first-order valence-electron chi connectivity index (χ1n) is 18.4. The number of fused-ring (bicyclic) bond motifs is 1. The summed E-state index contributed by atoms with van der Waals surface area (Å²) < 4.78 is 13.4. The molecule has 282 valence electrons. The van der Waals surface area contributed by atoms with Crippen LogP contribution >= 0.6 is 31.9 Å². The van der Waals surface area contributed by atoms with Gasteiger partial charge < -0.3 is 34.4 Å². The van der Waals surface area contributed by atoms with Crippen molar-refractivity contribution in [1.29, 1.82) is 0 Å². The molecule has 6 rings (SSSR count). The molecule has 0 spiro atoms. The Bertz CT molecular complexity index is 1610. The van der Waals surface area contributed by atoms with Gasteiger partial charge in [-0.05, 0) is 114 Å². The third-order valence-corrected chi connectivity index (χ3v) is 12.4. The van der Waals surface area contributed by atoms with Crippen LogP contribution in [0.25, 0.3) is 0 Å². The van der Waals surface area contributed by atoms with E-state index in [4.69, 9.17) is 9.47 Å². The average Bonchev–Trinajstić information content (AvgIpc) is 3.30. The zero-order valence-corrected chi connectivity index (χ0v) is 33.5. The number of nitrogens with one attached hydrogen (secondary N) is 1. The van der Waals surface area contributed by atoms with E-state index < -0.39 is 17.8 Å². The number of carbonyl (C=O) groups excluding carboxylic acids is 4. The number of urea groups is 1. The van der Waals surface area contributed by atoms with Gasteiger partial charge in [0.2, 0.25) is 0 Å². The van der Waals surface area contributed by atoms with Crippen LogP contribution in [-0.4, -0.2) is 131 Å². The molecule has 0 aromatic heterocycles. The number of nitrogens with zero attached hydrogens (tertiary/aromatic N) is 5. The lowest BCUT2D eigenvalue weighted by Crippen LogP contribution is -2.56. The molecule has 12 nitrogen and oxygen atoms in total. The summed E-state index contributed by atoms with van der Waals surface area (Å²) in [7, 11) is 0. The largest absolute Gasteiger partial charge is 0.444 e. The lowest BCUT2D eigenvalue weighted by atomic mass is 10.0. The number of carbonyl (C=O) groups is 4. The predicted octanol–water partition coefficient (Wildman–Crippen LogP) is 6.36. The van der Waals surface area contributed by atoms with Gasteiger partial charge in [-0.25, -0.2) is 14.4 Å². The van der Waals surface area contributed by atoms with Crippen LogP contribution in [-0.2, 0) is 27.1 Å². The first-order chi connectivity index (χ1) is 24.8. The molecule has 0 bridgehead atoms. The van der Waals surface area contributed by atoms with Crippen LogP contribution in [0.2, 0.25) is 0 Å². The van der Waals surface area contributed by atoms with Crippen molar-refractivity contribution in [2.75, 3.05) is 64.2 Å². The van der Waals surface area contributed by atoms with E-state index in [1.807, 2.05) is 73.0 Å². The van der Waals surface area contributed by atoms with Gasteiger partial charge in [0.15, 0.2) is 6.10 Å². The zero-order valence-electron chi connectivity index (χ0n) is 30.3. The normalized spacial score (nSPS) is 20.1. The zero-order chi connectivity index (χ0) is 37.0. The van der Waals surface area contributed by atoms with E-state index in [2.05, 4.69) is 42.1 Å². The van der Waals surface area contributed by atoms with Crippen LogP contribution in [0.15, 0.2) is 51.4 Å². The molecule has 2 aromatic rings. The standard InChI is InChI=1S/C38H50Br2N6O6/c1-38(2,3)52-37(50)45-22-20-42(21-23-45)28-11-15-43(16-12-28)34(47)33(25-26-8-9-30(39)31(40)24-26)51-36(49)44-17-13-29(14-18-44)46-19-10-27-6-4-5-7-32(27)41-35(46)48/h4-9,24,28-29,33H,10-23,25H2,1-3H3,(H,41,48). The van der Waals surface area contributed by atoms with E-state index in [-0.39, 0.29) is 30.5 Å². The Morgan fingerprint density at radius 2 is 1.42 bits per heavy atom. The van der Waals surface area contributed by atoms with Crippen molar-refractivity contribution in [1.82, 2.24) is 24.5 Å². The molecule has 52 heavy (non-hydrogen) atoms. The van der Waals surface area contributed by atoms with Crippen molar-refractivity contribution in [3.63, 3.8) is 0 Å². The number of anilines is 1. The average molecular weight is 847 g/mol. The van der Waals surface area contributed by atoms with Crippen molar-refractivity contribution >= 4 is 61.7 Å². The fourth-order valence-corrected chi connectivity index (χ4v) is 8.28. The molecule has 4 heterocycles. The van der Waals surface area contributed by atoms with E-state index in [0.29, 0.717) is 64.7 Å². The first kappa shape index (κ1) is 38.4. The lowest BCUT2D eigenvalue weighted by molar-refractivity contribution is -0.142. The first-order valence-corrected chi connectivity index (χ1v) is 20.0. The van der Waals surface area contributed by atoms with E-state index in [1.165, 1.54) is 0 Å². The highest BCUT2D eigenvalue weighted by Gasteiger charge is 2.37. The quantitative estimate of drug-likeness (QED) is 0.360. The Kier molecular flexibility index (Phi) is 12.4. The number of ether oxygens (including phenoxy) is 2. The van der Waals surface area contributed by atoms with Gasteiger partial charge in [-0.1, -0.05) is 24.3 Å². The maximum absolute atomic E-state index is 14.1. The molecule has 0 radical (unpaired) electrons. The lowest BCUT2D eigenvalue weighted by Gasteiger charge is -2.43. The summed E-state index contributed by atoms with van der Waals surface area (Å²) in [6.07, 6.45) is 2.18. The van der Waals surface area contributed by atoms with Gasteiger partial charge in [0.05, 0.1) is 0 Å². The highest BCUT2D eigenvalue weighted by atomic mass is 79.9. The summed E-state index contributed by atoms with van der Waals surface area (Å²) in [6.45, 7) is 11.0. The molecule has 14 heteroatoms. The molecule has 3 saturated heterocycles. The summed E-state index contributed by atoms with van der Waals surface area (Å²) in [4.78, 5) is 63.0. The number of piperidine rings is 2. The number of rotatable bonds is 6.